The Bertz CT molecular complexity index is 1470. The number of phosphoric ester groups is 1. The number of hydrogen-bond acceptors (Lipinski definition) is 10. The van der Waals surface area contributed by atoms with Gasteiger partial charge in [0.05, 0.1) is 19.8 Å². The Morgan fingerprint density at radius 1 is 0.392 bits per heavy atom. The van der Waals surface area contributed by atoms with Gasteiger partial charge in [0.2, 0.25) is 0 Å². The second kappa shape index (κ2) is 56.4. The average molecular weight is 1060 g/mol. The fraction of sp³-hybridized carbons (Fsp3) is 0.790. The summed E-state index contributed by atoms with van der Waals surface area (Å²) in [5, 5.41) is 9.82. The van der Waals surface area contributed by atoms with Gasteiger partial charge in [-0.3, -0.25) is 23.4 Å². The van der Waals surface area contributed by atoms with Gasteiger partial charge in [-0.2, -0.15) is 0 Å². The topological polar surface area (TPSA) is 155 Å². The van der Waals surface area contributed by atoms with Crippen molar-refractivity contribution in [1.29, 1.82) is 0 Å². The molecule has 3 atom stereocenters. The van der Waals surface area contributed by atoms with Gasteiger partial charge >= 0.3 is 25.7 Å². The molecule has 0 rings (SSSR count). The number of carbonyl (C=O) groups excluding carboxylic acids is 3. The van der Waals surface area contributed by atoms with Gasteiger partial charge in [0.15, 0.2) is 6.10 Å². The van der Waals surface area contributed by atoms with Crippen molar-refractivity contribution in [2.24, 2.45) is 0 Å². The SMILES string of the molecule is CC/C=C\C/C=C\C/C=C\CCCCCCCCCC(=O)OC(COC(=O)CCCCCCCCC/C=C\CCCCCCCC)COP(=O)(O)OCC(CO)OC(=O)CCCCCCC/C=C\CCCCCC. The predicted octanol–water partition coefficient (Wildman–Crippen LogP) is 17.9. The largest absolute Gasteiger partial charge is 0.472 e. The van der Waals surface area contributed by atoms with E-state index in [1.165, 1.54) is 96.3 Å². The van der Waals surface area contributed by atoms with Crippen LogP contribution in [0.5, 0.6) is 0 Å². The van der Waals surface area contributed by atoms with Gasteiger partial charge < -0.3 is 24.2 Å². The van der Waals surface area contributed by atoms with Crippen molar-refractivity contribution in [3.05, 3.63) is 60.8 Å². The second-order valence-corrected chi connectivity index (χ2v) is 21.6. The highest BCUT2D eigenvalue weighted by atomic mass is 31.2. The Labute approximate surface area is 453 Å². The lowest BCUT2D eigenvalue weighted by atomic mass is 10.1. The summed E-state index contributed by atoms with van der Waals surface area (Å²) in [5.41, 5.74) is 0. The lowest BCUT2D eigenvalue weighted by Crippen LogP contribution is -2.30. The number of esters is 3. The van der Waals surface area contributed by atoms with Crippen LogP contribution in [-0.4, -0.2) is 66.5 Å². The van der Waals surface area contributed by atoms with E-state index in [1.54, 1.807) is 0 Å². The Hall–Kier alpha value is -2.82. The molecule has 3 unspecified atom stereocenters. The minimum Gasteiger partial charge on any atom is -0.462 e. The van der Waals surface area contributed by atoms with Gasteiger partial charge in [0.1, 0.15) is 12.7 Å². The van der Waals surface area contributed by atoms with Crippen molar-refractivity contribution in [3.63, 3.8) is 0 Å². The zero-order chi connectivity index (χ0) is 54.1. The highest BCUT2D eigenvalue weighted by Crippen LogP contribution is 2.43. The number of allylic oxidation sites excluding steroid dienone is 10. The van der Waals surface area contributed by atoms with Crippen LogP contribution in [0.4, 0.5) is 0 Å². The Balaban J connectivity index is 4.73. The molecule has 11 nitrogen and oxygen atoms in total. The Morgan fingerprint density at radius 3 is 1.11 bits per heavy atom. The minimum atomic E-state index is -4.75. The van der Waals surface area contributed by atoms with Gasteiger partial charge in [0, 0.05) is 19.3 Å². The van der Waals surface area contributed by atoms with Crippen LogP contribution in [0.15, 0.2) is 60.8 Å². The molecule has 0 aliphatic rings. The maximum atomic E-state index is 12.9. The zero-order valence-electron chi connectivity index (χ0n) is 47.6. The molecule has 0 aromatic heterocycles. The van der Waals surface area contributed by atoms with Crippen molar-refractivity contribution >= 4 is 25.7 Å². The summed E-state index contributed by atoms with van der Waals surface area (Å²) in [5.74, 6) is -1.48. The van der Waals surface area contributed by atoms with E-state index in [0.717, 1.165) is 122 Å². The van der Waals surface area contributed by atoms with Crippen molar-refractivity contribution in [2.75, 3.05) is 26.4 Å². The van der Waals surface area contributed by atoms with E-state index >= 15 is 0 Å². The predicted molar refractivity (Wildman–Crippen MR) is 307 cm³/mol. The number of unbranched alkanes of at least 4 members (excludes halogenated alkanes) is 29. The van der Waals surface area contributed by atoms with Crippen LogP contribution in [0.2, 0.25) is 0 Å². The first-order valence-electron chi connectivity index (χ1n) is 30.2. The van der Waals surface area contributed by atoms with Crippen LogP contribution < -0.4 is 0 Å². The molecule has 0 aromatic carbocycles. The number of rotatable bonds is 56. The van der Waals surface area contributed by atoms with E-state index in [4.69, 9.17) is 23.3 Å². The summed E-state index contributed by atoms with van der Waals surface area (Å²) in [4.78, 5) is 48.6. The maximum absolute atomic E-state index is 12.9. The van der Waals surface area contributed by atoms with Crippen molar-refractivity contribution < 1.29 is 52.2 Å². The van der Waals surface area contributed by atoms with Crippen LogP contribution in [0, 0.1) is 0 Å². The van der Waals surface area contributed by atoms with Crippen molar-refractivity contribution in [3.8, 4) is 0 Å². The molecule has 0 fully saturated rings. The average Bonchev–Trinajstić information content (AvgIpc) is 3.39. The summed E-state index contributed by atoms with van der Waals surface area (Å²) >= 11 is 0. The molecule has 12 heteroatoms. The smallest absolute Gasteiger partial charge is 0.462 e. The van der Waals surface area contributed by atoms with Crippen LogP contribution in [-0.2, 0) is 42.2 Å². The summed E-state index contributed by atoms with van der Waals surface area (Å²) in [6, 6.07) is 0. The van der Waals surface area contributed by atoms with E-state index in [-0.39, 0.29) is 25.9 Å². The normalized spacial score (nSPS) is 13.7. The molecule has 0 aliphatic carbocycles. The second-order valence-electron chi connectivity index (χ2n) is 20.1. The Morgan fingerprint density at radius 2 is 0.703 bits per heavy atom. The molecule has 0 saturated carbocycles. The van der Waals surface area contributed by atoms with E-state index in [2.05, 4.69) is 81.5 Å². The molecule has 430 valence electrons. The van der Waals surface area contributed by atoms with E-state index < -0.39 is 57.8 Å². The summed E-state index contributed by atoms with van der Waals surface area (Å²) in [6.45, 7) is 4.52. The Kier molecular flexibility index (Phi) is 54.2. The van der Waals surface area contributed by atoms with Crippen LogP contribution in [0.1, 0.15) is 278 Å². The lowest BCUT2D eigenvalue weighted by molar-refractivity contribution is -0.161. The summed E-state index contributed by atoms with van der Waals surface area (Å²) in [6.07, 6.45) is 61.7. The molecule has 0 heterocycles. The highest BCUT2D eigenvalue weighted by Gasteiger charge is 2.28. The molecule has 2 N–H and O–H groups in total. The van der Waals surface area contributed by atoms with Crippen molar-refractivity contribution in [2.45, 2.75) is 290 Å². The number of aliphatic hydroxyl groups excluding tert-OH is 1. The lowest BCUT2D eigenvalue weighted by Gasteiger charge is -2.21. The first-order chi connectivity index (χ1) is 36.2. The van der Waals surface area contributed by atoms with Gasteiger partial charge in [-0.1, -0.05) is 216 Å². The number of hydrogen-bond donors (Lipinski definition) is 2. The molecule has 0 bridgehead atoms. The van der Waals surface area contributed by atoms with Gasteiger partial charge in [-0.25, -0.2) is 4.57 Å². The van der Waals surface area contributed by atoms with E-state index in [9.17, 15) is 28.9 Å². The number of phosphoric acid groups is 1. The molecule has 74 heavy (non-hydrogen) atoms. The molecule has 0 aliphatic heterocycles. The monoisotopic (exact) mass is 1060 g/mol. The molecular formula is C62H111O11P. The van der Waals surface area contributed by atoms with Gasteiger partial charge in [-0.15, -0.1) is 0 Å². The number of aliphatic hydroxyl groups is 1. The standard InChI is InChI=1S/C62H111O11P/c1-4-7-10-13-16-19-22-25-27-29-31-34-36-39-42-45-48-51-60(64)69-55-59(73-62(66)53-50-47-44-41-38-35-32-30-28-26-23-20-17-14-11-8-5-2)57-71-74(67,68)70-56-58(54-63)72-61(65)52-49-46-43-40-37-33-24-21-18-15-12-9-6-3/h8,11,17,20-21,24-28,58-59,63H,4-7,9-10,12-16,18-19,22-23,29-57H2,1-3H3,(H,67,68)/b11-8-,20-17-,24-21-,27-25-,28-26-. The van der Waals surface area contributed by atoms with Gasteiger partial charge in [-0.05, 0) is 103 Å². The molecule has 0 radical (unpaired) electrons. The molecular weight excluding hydrogens is 952 g/mol. The quantitative estimate of drug-likeness (QED) is 0.0197. The maximum Gasteiger partial charge on any atom is 0.472 e. The third kappa shape index (κ3) is 54.0. The van der Waals surface area contributed by atoms with Crippen LogP contribution in [0.3, 0.4) is 0 Å². The molecule has 0 spiro atoms. The molecule has 0 amide bonds. The van der Waals surface area contributed by atoms with E-state index in [1.807, 2.05) is 0 Å². The third-order valence-corrected chi connectivity index (χ3v) is 13.8. The van der Waals surface area contributed by atoms with Gasteiger partial charge in [0.25, 0.3) is 0 Å². The van der Waals surface area contributed by atoms with Crippen LogP contribution in [0.25, 0.3) is 0 Å². The molecule has 0 saturated heterocycles. The number of carbonyl (C=O) groups is 3. The van der Waals surface area contributed by atoms with Crippen molar-refractivity contribution in [1.82, 2.24) is 0 Å². The molecule has 0 aromatic rings. The minimum absolute atomic E-state index is 0.155. The fourth-order valence-corrected chi connectivity index (χ4v) is 9.09. The summed E-state index contributed by atoms with van der Waals surface area (Å²) < 4.78 is 39.6. The first-order valence-corrected chi connectivity index (χ1v) is 31.7. The fourth-order valence-electron chi connectivity index (χ4n) is 8.30. The highest BCUT2D eigenvalue weighted by molar-refractivity contribution is 7.47. The number of ether oxygens (including phenoxy) is 3. The third-order valence-electron chi connectivity index (χ3n) is 12.9. The zero-order valence-corrected chi connectivity index (χ0v) is 48.5. The first kappa shape index (κ1) is 71.2. The summed E-state index contributed by atoms with van der Waals surface area (Å²) in [7, 11) is -4.75. The van der Waals surface area contributed by atoms with E-state index in [0.29, 0.717) is 19.3 Å². The van der Waals surface area contributed by atoms with Crippen LogP contribution >= 0.6 is 7.82 Å².